The average molecular weight is 449 g/mol. The summed E-state index contributed by atoms with van der Waals surface area (Å²) in [6.45, 7) is 1.99. The van der Waals surface area contributed by atoms with E-state index >= 15 is 0 Å². The van der Waals surface area contributed by atoms with E-state index in [1.54, 1.807) is 18.3 Å². The molecule has 0 saturated carbocycles. The van der Waals surface area contributed by atoms with E-state index in [-0.39, 0.29) is 5.91 Å². The van der Waals surface area contributed by atoms with Gasteiger partial charge in [-0.3, -0.25) is 4.79 Å². The number of aromatic nitrogens is 1. The van der Waals surface area contributed by atoms with Crippen molar-refractivity contribution in [1.82, 2.24) is 4.98 Å². The number of carbonyl (C=O) groups is 1. The Bertz CT molecular complexity index is 621. The van der Waals surface area contributed by atoms with E-state index in [1.807, 2.05) is 19.1 Å². The number of nitrogens with one attached hydrogen (secondary N) is 1. The van der Waals surface area contributed by atoms with Crippen LogP contribution in [0.3, 0.4) is 0 Å². The van der Waals surface area contributed by atoms with Crippen LogP contribution in [0.1, 0.15) is 15.9 Å². The number of nitrogens with zero attached hydrogens (tertiary/aromatic N) is 1. The fourth-order valence-electron chi connectivity index (χ4n) is 1.55. The van der Waals surface area contributed by atoms with Crippen LogP contribution in [0.4, 0.5) is 5.69 Å². The zero-order valence-corrected chi connectivity index (χ0v) is 14.6. The highest BCUT2D eigenvalue weighted by Gasteiger charge is 2.12. The molecule has 0 bridgehead atoms. The number of halogens is 3. The number of hydrogen-bond donors (Lipinski definition) is 1. The van der Waals surface area contributed by atoms with Gasteiger partial charge in [0.25, 0.3) is 5.91 Å². The van der Waals surface area contributed by atoms with E-state index in [2.05, 4.69) is 58.1 Å². The van der Waals surface area contributed by atoms with Gasteiger partial charge in [-0.25, -0.2) is 4.98 Å². The van der Waals surface area contributed by atoms with Crippen molar-refractivity contribution in [1.29, 1.82) is 0 Å². The van der Waals surface area contributed by atoms with Crippen molar-refractivity contribution >= 4 is 59.4 Å². The van der Waals surface area contributed by atoms with Crippen LogP contribution in [0.15, 0.2) is 44.0 Å². The molecule has 0 aliphatic carbocycles. The predicted octanol–water partition coefficient (Wildman–Crippen LogP) is 4.93. The van der Waals surface area contributed by atoms with Crippen molar-refractivity contribution in [2.75, 3.05) is 5.32 Å². The molecule has 6 heteroatoms. The van der Waals surface area contributed by atoms with Crippen molar-refractivity contribution in [2.45, 2.75) is 6.92 Å². The zero-order valence-electron chi connectivity index (χ0n) is 9.88. The van der Waals surface area contributed by atoms with Crippen molar-refractivity contribution in [3.63, 3.8) is 0 Å². The number of benzene rings is 1. The molecular weight excluding hydrogens is 440 g/mol. The maximum Gasteiger partial charge on any atom is 0.255 e. The number of rotatable bonds is 2. The fraction of sp³-hybridized carbons (Fsp3) is 0.0769. The van der Waals surface area contributed by atoms with E-state index in [0.29, 0.717) is 15.9 Å². The smallest absolute Gasteiger partial charge is 0.255 e. The molecule has 1 aromatic carbocycles. The SMILES string of the molecule is Cc1cc(Br)c(NC(=O)c2ccnc(Br)c2)c(Br)c1. The van der Waals surface area contributed by atoms with Gasteiger partial charge >= 0.3 is 0 Å². The molecule has 0 unspecified atom stereocenters. The minimum Gasteiger partial charge on any atom is -0.320 e. The Balaban J connectivity index is 2.29. The van der Waals surface area contributed by atoms with Gasteiger partial charge in [-0.1, -0.05) is 0 Å². The summed E-state index contributed by atoms with van der Waals surface area (Å²) in [5.41, 5.74) is 2.35. The maximum absolute atomic E-state index is 12.2. The van der Waals surface area contributed by atoms with Gasteiger partial charge in [0.05, 0.1) is 5.69 Å². The highest BCUT2D eigenvalue weighted by Crippen LogP contribution is 2.32. The summed E-state index contributed by atoms with van der Waals surface area (Å²) >= 11 is 10.1. The lowest BCUT2D eigenvalue weighted by molar-refractivity contribution is 0.102. The third-order valence-corrected chi connectivity index (χ3v) is 4.10. The van der Waals surface area contributed by atoms with Crippen LogP contribution < -0.4 is 5.32 Å². The Kier molecular flexibility index (Phi) is 4.76. The molecular formula is C13H9Br3N2O. The van der Waals surface area contributed by atoms with Gasteiger partial charge in [0.1, 0.15) is 4.60 Å². The van der Waals surface area contributed by atoms with Crippen molar-refractivity contribution in [3.8, 4) is 0 Å². The molecule has 0 saturated heterocycles. The molecule has 1 heterocycles. The van der Waals surface area contributed by atoms with Crippen molar-refractivity contribution in [3.05, 3.63) is 55.1 Å². The Hall–Kier alpha value is -0.720. The summed E-state index contributed by atoms with van der Waals surface area (Å²) in [5.74, 6) is -0.187. The Labute approximate surface area is 136 Å². The molecule has 2 rings (SSSR count). The van der Waals surface area contributed by atoms with Crippen LogP contribution in [-0.4, -0.2) is 10.9 Å². The summed E-state index contributed by atoms with van der Waals surface area (Å²) in [7, 11) is 0. The summed E-state index contributed by atoms with van der Waals surface area (Å²) in [4.78, 5) is 16.1. The predicted molar refractivity (Wildman–Crippen MR) is 86.5 cm³/mol. The largest absolute Gasteiger partial charge is 0.320 e. The van der Waals surface area contributed by atoms with E-state index in [0.717, 1.165) is 14.5 Å². The molecule has 19 heavy (non-hydrogen) atoms. The van der Waals surface area contributed by atoms with E-state index in [1.165, 1.54) is 0 Å². The third-order valence-electron chi connectivity index (χ3n) is 2.41. The van der Waals surface area contributed by atoms with Crippen molar-refractivity contribution < 1.29 is 4.79 Å². The molecule has 0 radical (unpaired) electrons. The van der Waals surface area contributed by atoms with Crippen LogP contribution >= 0.6 is 47.8 Å². The maximum atomic E-state index is 12.2. The second-order valence-corrected chi connectivity index (χ2v) is 6.45. The molecule has 0 atom stereocenters. The van der Waals surface area contributed by atoms with Gasteiger partial charge in [0.15, 0.2) is 0 Å². The molecule has 0 aliphatic heterocycles. The van der Waals surface area contributed by atoms with Gasteiger partial charge in [-0.05, 0) is 84.5 Å². The monoisotopic (exact) mass is 446 g/mol. The lowest BCUT2D eigenvalue weighted by Gasteiger charge is -2.11. The quantitative estimate of drug-likeness (QED) is 0.662. The van der Waals surface area contributed by atoms with Gasteiger partial charge in [0, 0.05) is 20.7 Å². The molecule has 0 aliphatic rings. The number of anilines is 1. The lowest BCUT2D eigenvalue weighted by Crippen LogP contribution is -2.13. The van der Waals surface area contributed by atoms with Gasteiger partial charge in [-0.15, -0.1) is 0 Å². The number of hydrogen-bond acceptors (Lipinski definition) is 2. The number of pyridine rings is 1. The van der Waals surface area contributed by atoms with Crippen LogP contribution in [0, 0.1) is 6.92 Å². The molecule has 98 valence electrons. The number of carbonyl (C=O) groups excluding carboxylic acids is 1. The molecule has 1 N–H and O–H groups in total. The summed E-state index contributed by atoms with van der Waals surface area (Å²) in [6.07, 6.45) is 1.58. The first-order valence-electron chi connectivity index (χ1n) is 5.36. The normalized spacial score (nSPS) is 10.3. The fourth-order valence-corrected chi connectivity index (χ4v) is 3.53. The highest BCUT2D eigenvalue weighted by molar-refractivity contribution is 9.11. The van der Waals surface area contributed by atoms with E-state index in [4.69, 9.17) is 0 Å². The minimum absolute atomic E-state index is 0.187. The van der Waals surface area contributed by atoms with Crippen LogP contribution in [-0.2, 0) is 0 Å². The molecule has 1 aromatic heterocycles. The summed E-state index contributed by atoms with van der Waals surface area (Å²) in [6, 6.07) is 7.23. The molecule has 2 aromatic rings. The van der Waals surface area contributed by atoms with E-state index in [9.17, 15) is 4.79 Å². The van der Waals surface area contributed by atoms with Crippen LogP contribution in [0.25, 0.3) is 0 Å². The Morgan fingerprint density at radius 1 is 1.16 bits per heavy atom. The molecule has 1 amide bonds. The first kappa shape index (κ1) is 14.7. The lowest BCUT2D eigenvalue weighted by atomic mass is 10.2. The topological polar surface area (TPSA) is 42.0 Å². The molecule has 3 nitrogen and oxygen atoms in total. The zero-order chi connectivity index (χ0) is 14.0. The van der Waals surface area contributed by atoms with Gasteiger partial charge < -0.3 is 5.32 Å². The second-order valence-electron chi connectivity index (χ2n) is 3.92. The van der Waals surface area contributed by atoms with E-state index < -0.39 is 0 Å². The first-order valence-corrected chi connectivity index (χ1v) is 7.74. The first-order chi connectivity index (χ1) is 8.97. The summed E-state index contributed by atoms with van der Waals surface area (Å²) in [5, 5.41) is 2.87. The molecule has 0 spiro atoms. The summed E-state index contributed by atoms with van der Waals surface area (Å²) < 4.78 is 2.30. The molecule has 0 fully saturated rings. The highest BCUT2D eigenvalue weighted by atomic mass is 79.9. The number of amides is 1. The second kappa shape index (κ2) is 6.15. The van der Waals surface area contributed by atoms with Crippen LogP contribution in [0.5, 0.6) is 0 Å². The minimum atomic E-state index is -0.187. The van der Waals surface area contributed by atoms with Gasteiger partial charge in [-0.2, -0.15) is 0 Å². The standard InChI is InChI=1S/C13H9Br3N2O/c1-7-4-9(14)12(10(15)5-7)18-13(19)8-2-3-17-11(16)6-8/h2-6H,1H3,(H,18,19). The number of aryl methyl sites for hydroxylation is 1. The van der Waals surface area contributed by atoms with Gasteiger partial charge in [0.2, 0.25) is 0 Å². The third kappa shape index (κ3) is 3.64. The Morgan fingerprint density at radius 2 is 1.79 bits per heavy atom. The van der Waals surface area contributed by atoms with Crippen LogP contribution in [0.2, 0.25) is 0 Å². The Morgan fingerprint density at radius 3 is 2.37 bits per heavy atom. The average Bonchev–Trinajstić information content (AvgIpc) is 2.33. The van der Waals surface area contributed by atoms with Crippen molar-refractivity contribution in [2.24, 2.45) is 0 Å².